The number of aromatic nitrogens is 1. The van der Waals surface area contributed by atoms with Crippen molar-refractivity contribution in [2.24, 2.45) is 0 Å². The first-order valence-corrected chi connectivity index (χ1v) is 6.78. The number of pyridine rings is 1. The summed E-state index contributed by atoms with van der Waals surface area (Å²) < 4.78 is 30.5. The van der Waals surface area contributed by atoms with Crippen molar-refractivity contribution in [3.63, 3.8) is 0 Å². The minimum Gasteiger partial charge on any atom is -0.466 e. The topological polar surface area (TPSA) is 39.2 Å². The van der Waals surface area contributed by atoms with E-state index >= 15 is 0 Å². The molecule has 0 aromatic carbocycles. The zero-order valence-corrected chi connectivity index (χ0v) is 12.5. The molecule has 0 spiro atoms. The average Bonchev–Trinajstić information content (AvgIpc) is 2.29. The van der Waals surface area contributed by atoms with Crippen molar-refractivity contribution >= 4 is 40.2 Å². The van der Waals surface area contributed by atoms with E-state index in [2.05, 4.69) is 4.98 Å². The van der Waals surface area contributed by atoms with E-state index in [-0.39, 0.29) is 24.5 Å². The van der Waals surface area contributed by atoms with Gasteiger partial charge in [0.1, 0.15) is 0 Å². The second-order valence-corrected chi connectivity index (χ2v) is 4.71. The van der Waals surface area contributed by atoms with E-state index in [1.165, 1.54) is 0 Å². The van der Waals surface area contributed by atoms with Gasteiger partial charge in [-0.1, -0.05) is 0 Å². The number of rotatable bonds is 5. The van der Waals surface area contributed by atoms with E-state index < -0.39 is 12.4 Å². The average molecular weight is 390 g/mol. The Morgan fingerprint density at radius 1 is 1.61 bits per heavy atom. The Kier molecular flexibility index (Phi) is 6.20. The van der Waals surface area contributed by atoms with Gasteiger partial charge in [-0.2, -0.15) is 0 Å². The first kappa shape index (κ1) is 15.6. The summed E-state index contributed by atoms with van der Waals surface area (Å²) >= 11 is 7.53. The van der Waals surface area contributed by atoms with Gasteiger partial charge in [0.25, 0.3) is 6.43 Å². The molecule has 0 amide bonds. The van der Waals surface area contributed by atoms with Crippen LogP contribution in [-0.4, -0.2) is 17.6 Å². The third-order valence-corrected chi connectivity index (χ3v) is 3.75. The van der Waals surface area contributed by atoms with Gasteiger partial charge in [0, 0.05) is 20.9 Å². The smallest absolute Gasteiger partial charge is 0.311 e. The standard InChI is InChI=1S/C11H11ClF2INO2/c1-2-18-9(17)3-8-6(4-12)10(15)7(5-16-8)11(13)14/h5,11H,2-4H2,1H3. The number of esters is 1. The van der Waals surface area contributed by atoms with Gasteiger partial charge in [-0.15, -0.1) is 11.6 Å². The molecule has 3 nitrogen and oxygen atoms in total. The van der Waals surface area contributed by atoms with Crippen LogP contribution < -0.4 is 0 Å². The Hall–Kier alpha value is -0.500. The van der Waals surface area contributed by atoms with E-state index in [9.17, 15) is 13.6 Å². The molecule has 1 aromatic heterocycles. The molecular formula is C11H11ClF2INO2. The van der Waals surface area contributed by atoms with Crippen LogP contribution in [0.4, 0.5) is 8.78 Å². The molecule has 0 unspecified atom stereocenters. The van der Waals surface area contributed by atoms with Crippen LogP contribution in [0.3, 0.4) is 0 Å². The molecular weight excluding hydrogens is 378 g/mol. The number of hydrogen-bond acceptors (Lipinski definition) is 3. The van der Waals surface area contributed by atoms with Gasteiger partial charge in [0.15, 0.2) is 0 Å². The SMILES string of the molecule is CCOC(=O)Cc1ncc(C(F)F)c(I)c1CCl. The summed E-state index contributed by atoms with van der Waals surface area (Å²) in [5.74, 6) is -0.419. The Balaban J connectivity index is 3.07. The molecule has 0 atom stereocenters. The lowest BCUT2D eigenvalue weighted by atomic mass is 10.1. The number of hydrogen-bond donors (Lipinski definition) is 0. The summed E-state index contributed by atoms with van der Waals surface area (Å²) in [5, 5.41) is 0. The summed E-state index contributed by atoms with van der Waals surface area (Å²) in [6, 6.07) is 0. The number of nitrogens with zero attached hydrogens (tertiary/aromatic N) is 1. The van der Waals surface area contributed by atoms with Gasteiger partial charge in [0.05, 0.1) is 24.6 Å². The van der Waals surface area contributed by atoms with Gasteiger partial charge in [0.2, 0.25) is 0 Å². The van der Waals surface area contributed by atoms with E-state index in [0.29, 0.717) is 14.8 Å². The summed E-state index contributed by atoms with van der Waals surface area (Å²) in [6.45, 7) is 1.96. The van der Waals surface area contributed by atoms with Gasteiger partial charge >= 0.3 is 5.97 Å². The van der Waals surface area contributed by atoms with Crippen LogP contribution in [0.25, 0.3) is 0 Å². The lowest BCUT2D eigenvalue weighted by molar-refractivity contribution is -0.142. The Morgan fingerprint density at radius 2 is 2.28 bits per heavy atom. The van der Waals surface area contributed by atoms with Crippen molar-refractivity contribution in [3.05, 3.63) is 26.6 Å². The van der Waals surface area contributed by atoms with E-state index in [4.69, 9.17) is 16.3 Å². The van der Waals surface area contributed by atoms with Gasteiger partial charge in [-0.25, -0.2) is 8.78 Å². The Bertz CT molecular complexity index is 443. The van der Waals surface area contributed by atoms with Crippen LogP contribution in [-0.2, 0) is 21.8 Å². The zero-order valence-electron chi connectivity index (χ0n) is 9.55. The molecule has 0 aliphatic rings. The maximum Gasteiger partial charge on any atom is 0.311 e. The molecule has 0 aliphatic carbocycles. The van der Waals surface area contributed by atoms with Crippen LogP contribution in [0, 0.1) is 3.57 Å². The minimum atomic E-state index is -2.61. The largest absolute Gasteiger partial charge is 0.466 e. The van der Waals surface area contributed by atoms with Gasteiger partial charge in [-0.3, -0.25) is 9.78 Å². The van der Waals surface area contributed by atoms with E-state index in [1.54, 1.807) is 29.5 Å². The van der Waals surface area contributed by atoms with Crippen LogP contribution in [0.15, 0.2) is 6.20 Å². The number of carbonyl (C=O) groups is 1. The third kappa shape index (κ3) is 3.74. The van der Waals surface area contributed by atoms with Crippen molar-refractivity contribution in [1.29, 1.82) is 0 Å². The van der Waals surface area contributed by atoms with E-state index in [1.807, 2.05) is 0 Å². The highest BCUT2D eigenvalue weighted by atomic mass is 127. The predicted molar refractivity (Wildman–Crippen MR) is 71.8 cm³/mol. The molecule has 0 bridgehead atoms. The fourth-order valence-corrected chi connectivity index (χ4v) is 2.76. The monoisotopic (exact) mass is 389 g/mol. The second kappa shape index (κ2) is 7.18. The molecule has 0 radical (unpaired) electrons. The van der Waals surface area contributed by atoms with Gasteiger partial charge in [-0.05, 0) is 29.5 Å². The normalized spacial score (nSPS) is 10.8. The number of alkyl halides is 3. The minimum absolute atomic E-state index is 0.0283. The number of ether oxygens (including phenoxy) is 1. The summed E-state index contributed by atoms with van der Waals surface area (Å²) in [5.41, 5.74) is 0.680. The number of halogens is 4. The van der Waals surface area contributed by atoms with Crippen molar-refractivity contribution in [3.8, 4) is 0 Å². The lowest BCUT2D eigenvalue weighted by Gasteiger charge is -2.11. The molecule has 1 heterocycles. The van der Waals surface area contributed by atoms with Crippen molar-refractivity contribution in [2.45, 2.75) is 25.7 Å². The Labute approximate surface area is 122 Å². The van der Waals surface area contributed by atoms with Crippen LogP contribution in [0.5, 0.6) is 0 Å². The first-order chi connectivity index (χ1) is 8.51. The van der Waals surface area contributed by atoms with E-state index in [0.717, 1.165) is 6.20 Å². The molecule has 0 saturated heterocycles. The zero-order chi connectivity index (χ0) is 13.7. The summed E-state index contributed by atoms with van der Waals surface area (Å²) in [7, 11) is 0. The first-order valence-electron chi connectivity index (χ1n) is 5.17. The molecule has 100 valence electrons. The van der Waals surface area contributed by atoms with Crippen molar-refractivity contribution in [2.75, 3.05) is 6.61 Å². The number of carbonyl (C=O) groups excluding carboxylic acids is 1. The molecule has 0 saturated carbocycles. The molecule has 7 heteroatoms. The maximum absolute atomic E-state index is 12.7. The molecule has 1 aromatic rings. The molecule has 18 heavy (non-hydrogen) atoms. The fourth-order valence-electron chi connectivity index (χ4n) is 1.37. The van der Waals surface area contributed by atoms with Crippen molar-refractivity contribution in [1.82, 2.24) is 4.98 Å². The predicted octanol–water partition coefficient (Wildman–Crippen LogP) is 3.47. The summed E-state index contributed by atoms with van der Waals surface area (Å²) in [6.07, 6.45) is -1.59. The van der Waals surface area contributed by atoms with Crippen LogP contribution in [0.2, 0.25) is 0 Å². The molecule has 0 fully saturated rings. The highest BCUT2D eigenvalue weighted by molar-refractivity contribution is 14.1. The van der Waals surface area contributed by atoms with Gasteiger partial charge < -0.3 is 4.74 Å². The van der Waals surface area contributed by atoms with Crippen molar-refractivity contribution < 1.29 is 18.3 Å². The highest BCUT2D eigenvalue weighted by Gasteiger charge is 2.19. The fraction of sp³-hybridized carbons (Fsp3) is 0.455. The van der Waals surface area contributed by atoms with Crippen LogP contribution >= 0.6 is 34.2 Å². The molecule has 1 rings (SSSR count). The Morgan fingerprint density at radius 3 is 2.78 bits per heavy atom. The quantitative estimate of drug-likeness (QED) is 0.440. The molecule has 0 aliphatic heterocycles. The second-order valence-electron chi connectivity index (χ2n) is 3.37. The van der Waals surface area contributed by atoms with Crippen LogP contribution in [0.1, 0.15) is 30.2 Å². The highest BCUT2D eigenvalue weighted by Crippen LogP contribution is 2.28. The lowest BCUT2D eigenvalue weighted by Crippen LogP contribution is -2.12. The summed E-state index contributed by atoms with van der Waals surface area (Å²) in [4.78, 5) is 15.2. The maximum atomic E-state index is 12.7. The third-order valence-electron chi connectivity index (χ3n) is 2.21. The molecule has 0 N–H and O–H groups in total.